The minimum atomic E-state index is 0.760. The number of rotatable bonds is 1. The molecule has 2 heteroatoms. The van der Waals surface area contributed by atoms with Gasteiger partial charge in [0.15, 0.2) is 5.82 Å². The molecule has 0 spiro atoms. The van der Waals surface area contributed by atoms with Crippen LogP contribution in [0.1, 0.15) is 18.2 Å². The first kappa shape index (κ1) is 10.4. The zero-order chi connectivity index (χ0) is 11.4. The summed E-state index contributed by atoms with van der Waals surface area (Å²) in [6, 6.07) is 9.85. The lowest BCUT2D eigenvalue weighted by Gasteiger charge is -2.00. The minimum Gasteiger partial charge on any atom is -0.237 e. The molecular weight excluding hydrogens is 196 g/mol. The molecule has 1 aromatic heterocycles. The van der Waals surface area contributed by atoms with Crippen LogP contribution in [0.2, 0.25) is 0 Å². The maximum Gasteiger partial charge on any atom is 0.159 e. The zero-order valence-corrected chi connectivity index (χ0v) is 9.36. The van der Waals surface area contributed by atoms with Crippen LogP contribution in [0.25, 0.3) is 11.4 Å². The van der Waals surface area contributed by atoms with E-state index in [4.69, 9.17) is 0 Å². The molecule has 0 radical (unpaired) electrons. The molecule has 0 amide bonds. The van der Waals surface area contributed by atoms with Crippen LogP contribution in [0, 0.1) is 18.8 Å². The van der Waals surface area contributed by atoms with E-state index in [2.05, 4.69) is 21.8 Å². The number of benzene rings is 1. The Balaban J connectivity index is 2.37. The van der Waals surface area contributed by atoms with Gasteiger partial charge in [-0.15, -0.1) is 5.92 Å². The van der Waals surface area contributed by atoms with Gasteiger partial charge in [0.05, 0.1) is 0 Å². The molecule has 0 unspecified atom stereocenters. The van der Waals surface area contributed by atoms with Crippen LogP contribution >= 0.6 is 0 Å². The van der Waals surface area contributed by atoms with Crippen LogP contribution in [0.3, 0.4) is 0 Å². The van der Waals surface area contributed by atoms with Gasteiger partial charge in [0.25, 0.3) is 0 Å². The molecule has 0 bridgehead atoms. The first-order valence-corrected chi connectivity index (χ1v) is 5.12. The van der Waals surface area contributed by atoms with E-state index >= 15 is 0 Å². The second kappa shape index (κ2) is 4.59. The predicted molar refractivity (Wildman–Crippen MR) is 64.8 cm³/mol. The van der Waals surface area contributed by atoms with E-state index in [9.17, 15) is 0 Å². The normalized spacial score (nSPS) is 9.38. The average Bonchev–Trinajstić information content (AvgIpc) is 2.30. The van der Waals surface area contributed by atoms with Crippen LogP contribution in [-0.2, 0) is 0 Å². The van der Waals surface area contributed by atoms with E-state index in [1.165, 1.54) is 0 Å². The van der Waals surface area contributed by atoms with Crippen molar-refractivity contribution in [3.8, 4) is 23.2 Å². The van der Waals surface area contributed by atoms with Gasteiger partial charge in [0, 0.05) is 23.0 Å². The summed E-state index contributed by atoms with van der Waals surface area (Å²) < 4.78 is 0. The molecule has 0 N–H and O–H groups in total. The van der Waals surface area contributed by atoms with Crippen molar-refractivity contribution in [3.05, 3.63) is 47.8 Å². The summed E-state index contributed by atoms with van der Waals surface area (Å²) in [5, 5.41) is 0. The molecule has 1 heterocycles. The summed E-state index contributed by atoms with van der Waals surface area (Å²) in [6.07, 6.45) is 1.78. The highest BCUT2D eigenvalue weighted by Crippen LogP contribution is 2.14. The highest BCUT2D eigenvalue weighted by Gasteiger charge is 2.00. The van der Waals surface area contributed by atoms with Gasteiger partial charge in [-0.2, -0.15) is 0 Å². The Morgan fingerprint density at radius 1 is 1.06 bits per heavy atom. The first-order valence-electron chi connectivity index (χ1n) is 5.12. The summed E-state index contributed by atoms with van der Waals surface area (Å²) in [4.78, 5) is 8.61. The second-order valence-electron chi connectivity index (χ2n) is 3.47. The van der Waals surface area contributed by atoms with E-state index in [1.54, 1.807) is 6.20 Å². The van der Waals surface area contributed by atoms with Crippen LogP contribution in [0.15, 0.2) is 36.5 Å². The third kappa shape index (κ3) is 2.26. The fourth-order valence-electron chi connectivity index (χ4n) is 1.43. The maximum atomic E-state index is 4.37. The van der Waals surface area contributed by atoms with Crippen molar-refractivity contribution in [1.29, 1.82) is 0 Å². The quantitative estimate of drug-likeness (QED) is 0.673. The maximum absolute atomic E-state index is 4.37. The van der Waals surface area contributed by atoms with Crippen molar-refractivity contribution in [2.24, 2.45) is 0 Å². The second-order valence-corrected chi connectivity index (χ2v) is 3.47. The van der Waals surface area contributed by atoms with Gasteiger partial charge in [-0.05, 0) is 44.2 Å². The molecule has 2 nitrogen and oxygen atoms in total. The lowest BCUT2D eigenvalue weighted by molar-refractivity contribution is 1.11. The van der Waals surface area contributed by atoms with E-state index < -0.39 is 0 Å². The fourth-order valence-corrected chi connectivity index (χ4v) is 1.43. The van der Waals surface area contributed by atoms with Gasteiger partial charge in [-0.1, -0.05) is 5.92 Å². The van der Waals surface area contributed by atoms with Crippen molar-refractivity contribution in [2.75, 3.05) is 0 Å². The Labute approximate surface area is 95.4 Å². The van der Waals surface area contributed by atoms with Gasteiger partial charge in [0.1, 0.15) is 0 Å². The zero-order valence-electron chi connectivity index (χ0n) is 9.36. The molecule has 0 fully saturated rings. The summed E-state index contributed by atoms with van der Waals surface area (Å²) in [6.45, 7) is 3.79. The van der Waals surface area contributed by atoms with Crippen molar-refractivity contribution in [1.82, 2.24) is 9.97 Å². The Hall–Kier alpha value is -2.14. The number of hydrogen-bond acceptors (Lipinski definition) is 2. The highest BCUT2D eigenvalue weighted by molar-refractivity contribution is 5.56. The molecule has 16 heavy (non-hydrogen) atoms. The third-order valence-electron chi connectivity index (χ3n) is 2.21. The van der Waals surface area contributed by atoms with Gasteiger partial charge >= 0.3 is 0 Å². The summed E-state index contributed by atoms with van der Waals surface area (Å²) in [5.41, 5.74) is 3.01. The molecule has 0 saturated carbocycles. The average molecular weight is 208 g/mol. The third-order valence-corrected chi connectivity index (χ3v) is 2.21. The molecule has 0 aliphatic rings. The standard InChI is InChI=1S/C14H12N2/c1-3-4-12-5-7-13(8-6-12)14-15-10-9-11(2)16-14/h5-10H,1-2H3. The Morgan fingerprint density at radius 3 is 2.44 bits per heavy atom. The van der Waals surface area contributed by atoms with E-state index in [0.29, 0.717) is 0 Å². The van der Waals surface area contributed by atoms with E-state index in [0.717, 1.165) is 22.6 Å². The fraction of sp³-hybridized carbons (Fsp3) is 0.143. The SMILES string of the molecule is CC#Cc1ccc(-c2nccc(C)n2)cc1. The van der Waals surface area contributed by atoms with Crippen LogP contribution in [-0.4, -0.2) is 9.97 Å². The Morgan fingerprint density at radius 2 is 1.81 bits per heavy atom. The Kier molecular flexibility index (Phi) is 2.98. The molecule has 1 aromatic carbocycles. The highest BCUT2D eigenvalue weighted by atomic mass is 14.9. The number of nitrogens with zero attached hydrogens (tertiary/aromatic N) is 2. The van der Waals surface area contributed by atoms with E-state index in [1.807, 2.05) is 44.2 Å². The van der Waals surface area contributed by atoms with Gasteiger partial charge in [-0.25, -0.2) is 9.97 Å². The first-order chi connectivity index (χ1) is 7.79. The smallest absolute Gasteiger partial charge is 0.159 e. The summed E-state index contributed by atoms with van der Waals surface area (Å²) in [7, 11) is 0. The number of aromatic nitrogens is 2. The number of aryl methyl sites for hydroxylation is 1. The van der Waals surface area contributed by atoms with Crippen molar-refractivity contribution < 1.29 is 0 Å². The molecule has 2 rings (SSSR count). The minimum absolute atomic E-state index is 0.760. The van der Waals surface area contributed by atoms with Crippen molar-refractivity contribution >= 4 is 0 Å². The topological polar surface area (TPSA) is 25.8 Å². The predicted octanol–water partition coefficient (Wildman–Crippen LogP) is 2.82. The molecule has 0 saturated heterocycles. The van der Waals surface area contributed by atoms with Gasteiger partial charge in [0.2, 0.25) is 0 Å². The van der Waals surface area contributed by atoms with Crippen molar-refractivity contribution in [3.63, 3.8) is 0 Å². The van der Waals surface area contributed by atoms with Crippen LogP contribution < -0.4 is 0 Å². The van der Waals surface area contributed by atoms with Crippen molar-refractivity contribution in [2.45, 2.75) is 13.8 Å². The monoisotopic (exact) mass is 208 g/mol. The molecular formula is C14H12N2. The van der Waals surface area contributed by atoms with Gasteiger partial charge in [-0.3, -0.25) is 0 Å². The largest absolute Gasteiger partial charge is 0.237 e. The molecule has 2 aromatic rings. The summed E-state index contributed by atoms with van der Waals surface area (Å²) >= 11 is 0. The summed E-state index contributed by atoms with van der Waals surface area (Å²) in [5.74, 6) is 6.64. The molecule has 78 valence electrons. The number of hydrogen-bond donors (Lipinski definition) is 0. The lowest BCUT2D eigenvalue weighted by atomic mass is 10.1. The lowest BCUT2D eigenvalue weighted by Crippen LogP contribution is -1.90. The van der Waals surface area contributed by atoms with E-state index in [-0.39, 0.29) is 0 Å². The molecule has 0 aliphatic heterocycles. The molecule has 0 aliphatic carbocycles. The Bertz CT molecular complexity index is 545. The van der Waals surface area contributed by atoms with Crippen LogP contribution in [0.5, 0.6) is 0 Å². The molecule has 0 atom stereocenters. The van der Waals surface area contributed by atoms with Gasteiger partial charge < -0.3 is 0 Å². The van der Waals surface area contributed by atoms with Crippen LogP contribution in [0.4, 0.5) is 0 Å².